The van der Waals surface area contributed by atoms with Crippen LogP contribution in [0.4, 0.5) is 4.39 Å². The Balaban J connectivity index is 2.08. The first-order chi connectivity index (χ1) is 16.2. The molecular weight excluding hydrogens is 489 g/mol. The number of nitrogens with zero attached hydrogens (tertiary/aromatic N) is 2. The zero-order valence-electron chi connectivity index (χ0n) is 18.1. The van der Waals surface area contributed by atoms with Gasteiger partial charge in [0.15, 0.2) is 11.9 Å². The highest BCUT2D eigenvalue weighted by atomic mass is 35.5. The molecule has 0 bridgehead atoms. The minimum atomic E-state index is -1.09. The first-order valence-corrected chi connectivity index (χ1v) is 11.5. The Bertz CT molecular complexity index is 1070. The maximum atomic E-state index is 13.7. The van der Waals surface area contributed by atoms with Gasteiger partial charge in [0.25, 0.3) is 0 Å². The Morgan fingerprint density at radius 3 is 2.91 bits per heavy atom. The quantitative estimate of drug-likeness (QED) is 0.236. The van der Waals surface area contributed by atoms with Gasteiger partial charge >= 0.3 is 11.9 Å². The molecule has 4 N–H and O–H groups in total. The second kappa shape index (κ2) is 11.6. The number of hydrogen-bond donors (Lipinski definition) is 4. The van der Waals surface area contributed by atoms with Gasteiger partial charge in [0, 0.05) is 35.9 Å². The van der Waals surface area contributed by atoms with Crippen LogP contribution in [0.1, 0.15) is 18.5 Å². The number of nitrogens with one attached hydrogen (secondary N) is 3. The molecule has 13 heteroatoms. The third kappa shape index (κ3) is 6.00. The molecule has 2 unspecified atom stereocenters. The molecule has 10 nitrogen and oxygen atoms in total. The van der Waals surface area contributed by atoms with Crippen molar-refractivity contribution in [2.45, 2.75) is 19.1 Å². The fraction of sp³-hybridized carbons (Fsp3) is 0.381. The minimum Gasteiger partial charge on any atom is -0.479 e. The van der Waals surface area contributed by atoms with Crippen LogP contribution in [0.5, 0.6) is 0 Å². The fourth-order valence-electron chi connectivity index (χ4n) is 3.57. The van der Waals surface area contributed by atoms with E-state index in [0.29, 0.717) is 17.8 Å². The summed E-state index contributed by atoms with van der Waals surface area (Å²) < 4.78 is 24.3. The minimum absolute atomic E-state index is 0.0414. The van der Waals surface area contributed by atoms with Crippen LogP contribution in [-0.4, -0.2) is 77.3 Å². The highest BCUT2D eigenvalue weighted by Gasteiger charge is 2.36. The van der Waals surface area contributed by atoms with Crippen LogP contribution in [-0.2, 0) is 19.1 Å². The van der Waals surface area contributed by atoms with Crippen LogP contribution < -0.4 is 5.32 Å². The van der Waals surface area contributed by atoms with Crippen LogP contribution in [0.2, 0.25) is 5.02 Å². The van der Waals surface area contributed by atoms with Crippen molar-refractivity contribution in [3.63, 3.8) is 0 Å². The number of rotatable bonds is 8. The number of carbonyl (C=O) groups excluding carboxylic acids is 1. The molecule has 1 aromatic rings. The van der Waals surface area contributed by atoms with E-state index in [9.17, 15) is 19.1 Å². The molecule has 1 aromatic carbocycles. The summed E-state index contributed by atoms with van der Waals surface area (Å²) in [4.78, 5) is 30.7. The van der Waals surface area contributed by atoms with E-state index in [4.69, 9.17) is 31.9 Å². The number of carboxylic acids is 1. The number of halogens is 2. The molecule has 3 rings (SSSR count). The number of benzene rings is 1. The molecule has 0 aliphatic carbocycles. The second-order valence-electron chi connectivity index (χ2n) is 7.28. The van der Waals surface area contributed by atoms with Crippen molar-refractivity contribution in [1.29, 1.82) is 10.8 Å². The van der Waals surface area contributed by atoms with Gasteiger partial charge in [0.2, 0.25) is 0 Å². The molecule has 1 fully saturated rings. The number of aliphatic imine (C=N–C) groups is 1. The van der Waals surface area contributed by atoms with Crippen molar-refractivity contribution in [3.05, 3.63) is 45.9 Å². The Morgan fingerprint density at radius 2 is 2.26 bits per heavy atom. The number of morpholine rings is 1. The van der Waals surface area contributed by atoms with E-state index in [1.165, 1.54) is 12.1 Å². The summed E-state index contributed by atoms with van der Waals surface area (Å²) in [5.41, 5.74) is 1.76. The van der Waals surface area contributed by atoms with Gasteiger partial charge in [-0.25, -0.2) is 14.0 Å². The molecule has 2 aliphatic heterocycles. The van der Waals surface area contributed by atoms with Gasteiger partial charge < -0.3 is 25.3 Å². The Morgan fingerprint density at radius 1 is 1.50 bits per heavy atom. The van der Waals surface area contributed by atoms with Gasteiger partial charge in [-0.05, 0) is 19.1 Å². The van der Waals surface area contributed by atoms with Crippen molar-refractivity contribution < 1.29 is 28.6 Å². The summed E-state index contributed by atoms with van der Waals surface area (Å²) in [6, 6.07) is 2.70. The third-order valence-corrected chi connectivity index (χ3v) is 5.95. The van der Waals surface area contributed by atoms with Crippen LogP contribution >= 0.6 is 23.4 Å². The van der Waals surface area contributed by atoms with Crippen LogP contribution in [0, 0.1) is 16.6 Å². The number of hydrogen-bond acceptors (Lipinski definition) is 10. The summed E-state index contributed by atoms with van der Waals surface area (Å²) in [6.07, 6.45) is -1.02. The standard InChI is InChI=1S/C21H23ClFN5O5S/c1-2-32-21(31)16-14(8-28-5-6-33-15(9-28)20(29)30)26-19(18(25)34-10-24)27-17(16)12-4-3-11(23)7-13(12)22/h3-4,7,10,15,17,24-25H,2,5-6,8-9H2,1H3,(H,26,27)(H,29,30). The lowest BCUT2D eigenvalue weighted by molar-refractivity contribution is -0.155. The summed E-state index contributed by atoms with van der Waals surface area (Å²) in [6.45, 7) is 2.53. The molecule has 182 valence electrons. The molecule has 2 aliphatic rings. The van der Waals surface area contributed by atoms with E-state index < -0.39 is 29.9 Å². The van der Waals surface area contributed by atoms with Crippen molar-refractivity contribution in [2.75, 3.05) is 32.8 Å². The van der Waals surface area contributed by atoms with E-state index >= 15 is 0 Å². The number of aliphatic carboxylic acids is 1. The fourth-order valence-corrected chi connectivity index (χ4v) is 4.17. The van der Waals surface area contributed by atoms with E-state index in [1.54, 1.807) is 11.8 Å². The predicted octanol–water partition coefficient (Wildman–Crippen LogP) is 2.44. The highest BCUT2D eigenvalue weighted by molar-refractivity contribution is 8.26. The SMILES string of the molecule is CCOC(=O)C1=C(CN2CCOC(C(=O)O)C2)NC(C(=N)SC=N)=NC1c1ccc(F)cc1Cl. The number of carboxylic acid groups (broad SMARTS) is 1. The monoisotopic (exact) mass is 511 g/mol. The predicted molar refractivity (Wildman–Crippen MR) is 126 cm³/mol. The largest absolute Gasteiger partial charge is 0.479 e. The summed E-state index contributed by atoms with van der Waals surface area (Å²) in [5.74, 6) is -2.24. The summed E-state index contributed by atoms with van der Waals surface area (Å²) in [5, 5.41) is 27.8. The zero-order chi connectivity index (χ0) is 24.8. The van der Waals surface area contributed by atoms with Crippen molar-refractivity contribution in [3.8, 4) is 0 Å². The van der Waals surface area contributed by atoms with Crippen molar-refractivity contribution in [2.24, 2.45) is 4.99 Å². The van der Waals surface area contributed by atoms with Gasteiger partial charge in [-0.1, -0.05) is 29.4 Å². The average molecular weight is 512 g/mol. The first kappa shape index (κ1) is 25.8. The number of esters is 1. The molecule has 2 atom stereocenters. The molecule has 34 heavy (non-hydrogen) atoms. The molecule has 0 spiro atoms. The van der Waals surface area contributed by atoms with Crippen molar-refractivity contribution in [1.82, 2.24) is 10.2 Å². The molecule has 0 saturated carbocycles. The topological polar surface area (TPSA) is 148 Å². The Kier molecular flexibility index (Phi) is 8.78. The van der Waals surface area contributed by atoms with Gasteiger partial charge in [0.1, 0.15) is 16.9 Å². The zero-order valence-corrected chi connectivity index (χ0v) is 19.7. The van der Waals surface area contributed by atoms with E-state index in [0.717, 1.165) is 23.4 Å². The third-order valence-electron chi connectivity index (χ3n) is 5.08. The van der Waals surface area contributed by atoms with Crippen LogP contribution in [0.15, 0.2) is 34.5 Å². The summed E-state index contributed by atoms with van der Waals surface area (Å²) in [7, 11) is 0. The second-order valence-corrected chi connectivity index (χ2v) is 8.57. The van der Waals surface area contributed by atoms with E-state index in [2.05, 4.69) is 10.3 Å². The first-order valence-electron chi connectivity index (χ1n) is 10.3. The molecule has 0 radical (unpaired) electrons. The van der Waals surface area contributed by atoms with Crippen LogP contribution in [0.3, 0.4) is 0 Å². The number of amidine groups is 1. The molecule has 2 heterocycles. The maximum Gasteiger partial charge on any atom is 0.338 e. The number of thioether (sulfide) groups is 1. The molecule has 0 amide bonds. The Labute approximate surface area is 204 Å². The van der Waals surface area contributed by atoms with Gasteiger partial charge in [0.05, 0.1) is 24.3 Å². The summed E-state index contributed by atoms with van der Waals surface area (Å²) >= 11 is 7.10. The van der Waals surface area contributed by atoms with E-state index in [-0.39, 0.29) is 47.8 Å². The molecule has 1 saturated heterocycles. The molecule has 0 aromatic heterocycles. The number of ether oxygens (including phenoxy) is 2. The van der Waals surface area contributed by atoms with Crippen molar-refractivity contribution >= 4 is 51.7 Å². The van der Waals surface area contributed by atoms with E-state index in [1.807, 2.05) is 0 Å². The lowest BCUT2D eigenvalue weighted by Gasteiger charge is -2.34. The lowest BCUT2D eigenvalue weighted by Crippen LogP contribution is -2.49. The number of carbonyl (C=O) groups is 2. The smallest absolute Gasteiger partial charge is 0.338 e. The molecular formula is C21H23ClFN5O5S. The van der Waals surface area contributed by atoms with Gasteiger partial charge in [-0.3, -0.25) is 15.3 Å². The van der Waals surface area contributed by atoms with Gasteiger partial charge in [-0.2, -0.15) is 0 Å². The highest BCUT2D eigenvalue weighted by Crippen LogP contribution is 2.36. The van der Waals surface area contributed by atoms with Gasteiger partial charge in [-0.15, -0.1) is 0 Å². The Hall–Kier alpha value is -2.80. The maximum absolute atomic E-state index is 13.7. The lowest BCUT2D eigenvalue weighted by atomic mass is 9.95. The normalized spacial score (nSPS) is 20.9. The average Bonchev–Trinajstić information content (AvgIpc) is 2.79. The van der Waals surface area contributed by atoms with Crippen LogP contribution in [0.25, 0.3) is 0 Å².